The monoisotopic (exact) mass is 383 g/mol. The van der Waals surface area contributed by atoms with Crippen molar-refractivity contribution < 1.29 is 28.8 Å². The Balaban J connectivity index is 1.99. The third-order valence-corrected chi connectivity index (χ3v) is 4.65. The lowest BCUT2D eigenvalue weighted by molar-refractivity contribution is 0.172. The maximum absolute atomic E-state index is 9.70. The number of benzene rings is 2. The van der Waals surface area contributed by atoms with E-state index in [1.165, 1.54) is 0 Å². The van der Waals surface area contributed by atoms with Crippen molar-refractivity contribution in [2.45, 2.75) is 6.61 Å². The lowest BCUT2D eigenvalue weighted by Gasteiger charge is -2.20. The van der Waals surface area contributed by atoms with Crippen molar-refractivity contribution in [1.29, 1.82) is 0 Å². The predicted octanol–water partition coefficient (Wildman–Crippen LogP) is 3.19. The molecule has 0 amide bonds. The van der Waals surface area contributed by atoms with Crippen LogP contribution in [0.15, 0.2) is 30.3 Å². The van der Waals surface area contributed by atoms with Crippen molar-refractivity contribution in [3.63, 3.8) is 0 Å². The zero-order chi connectivity index (χ0) is 19.7. The molecule has 0 fully saturated rings. The number of ether oxygens (including phenoxy) is 5. The number of hydrogen-bond donors (Lipinski definition) is 1. The van der Waals surface area contributed by atoms with Crippen molar-refractivity contribution in [2.75, 3.05) is 34.5 Å². The molecule has 1 aromatic heterocycles. The van der Waals surface area contributed by atoms with Gasteiger partial charge in [-0.2, -0.15) is 0 Å². The number of aliphatic hydroxyl groups excluding tert-OH is 1. The topological polar surface area (TPSA) is 79.3 Å². The van der Waals surface area contributed by atoms with E-state index in [0.29, 0.717) is 53.3 Å². The molecule has 0 atom stereocenters. The Kier molecular flexibility index (Phi) is 4.83. The number of aliphatic hydroxyl groups is 1. The van der Waals surface area contributed by atoms with E-state index in [4.69, 9.17) is 23.7 Å². The summed E-state index contributed by atoms with van der Waals surface area (Å²) < 4.78 is 27.8. The van der Waals surface area contributed by atoms with Crippen LogP contribution in [0.5, 0.6) is 28.7 Å². The number of fused-ring (bicyclic) bond motifs is 2. The molecule has 0 aliphatic carbocycles. The van der Waals surface area contributed by atoms with Crippen LogP contribution in [0.1, 0.15) is 5.69 Å². The first-order valence-electron chi connectivity index (χ1n) is 8.83. The van der Waals surface area contributed by atoms with Crippen molar-refractivity contribution in [3.8, 4) is 40.0 Å². The summed E-state index contributed by atoms with van der Waals surface area (Å²) in [4.78, 5) is 4.65. The molecule has 28 heavy (non-hydrogen) atoms. The van der Waals surface area contributed by atoms with E-state index in [0.717, 1.165) is 16.3 Å². The molecule has 146 valence electrons. The molecule has 2 aromatic carbocycles. The lowest BCUT2D eigenvalue weighted by atomic mass is 10.0. The fourth-order valence-electron chi connectivity index (χ4n) is 3.36. The summed E-state index contributed by atoms with van der Waals surface area (Å²) in [7, 11) is 4.69. The molecule has 2 heterocycles. The number of rotatable bonds is 5. The maximum Gasteiger partial charge on any atom is 0.203 e. The summed E-state index contributed by atoms with van der Waals surface area (Å²) in [5, 5.41) is 11.5. The summed E-state index contributed by atoms with van der Waals surface area (Å²) in [5.41, 5.74) is 2.00. The zero-order valence-electron chi connectivity index (χ0n) is 15.9. The van der Waals surface area contributed by atoms with Crippen molar-refractivity contribution in [3.05, 3.63) is 36.0 Å². The molecule has 0 spiro atoms. The minimum absolute atomic E-state index is 0.179. The van der Waals surface area contributed by atoms with Crippen molar-refractivity contribution in [2.24, 2.45) is 0 Å². The molecule has 7 nitrogen and oxygen atoms in total. The average Bonchev–Trinajstić information content (AvgIpc) is 2.75. The van der Waals surface area contributed by atoms with E-state index in [9.17, 15) is 5.11 Å². The Morgan fingerprint density at radius 3 is 2.11 bits per heavy atom. The van der Waals surface area contributed by atoms with Gasteiger partial charge in [-0.15, -0.1) is 0 Å². The van der Waals surface area contributed by atoms with E-state index in [2.05, 4.69) is 4.98 Å². The molecule has 4 rings (SSSR count). The van der Waals surface area contributed by atoms with Gasteiger partial charge in [0.2, 0.25) is 5.75 Å². The summed E-state index contributed by atoms with van der Waals surface area (Å²) >= 11 is 0. The van der Waals surface area contributed by atoms with Gasteiger partial charge in [0.25, 0.3) is 0 Å². The molecule has 0 bridgehead atoms. The van der Waals surface area contributed by atoms with Crippen LogP contribution in [0.3, 0.4) is 0 Å². The quantitative estimate of drug-likeness (QED) is 0.725. The Morgan fingerprint density at radius 2 is 1.54 bits per heavy atom. The van der Waals surface area contributed by atoms with Crippen molar-refractivity contribution >= 4 is 10.8 Å². The van der Waals surface area contributed by atoms with Gasteiger partial charge in [-0.25, -0.2) is 4.98 Å². The van der Waals surface area contributed by atoms with Crippen LogP contribution in [-0.4, -0.2) is 44.6 Å². The van der Waals surface area contributed by atoms with Gasteiger partial charge in [0.05, 0.1) is 39.3 Å². The van der Waals surface area contributed by atoms with Gasteiger partial charge in [-0.1, -0.05) is 0 Å². The summed E-state index contributed by atoms with van der Waals surface area (Å²) in [5.74, 6) is 2.92. The molecule has 1 aliphatic rings. The Bertz CT molecular complexity index is 1010. The molecule has 0 radical (unpaired) electrons. The van der Waals surface area contributed by atoms with Gasteiger partial charge in [0, 0.05) is 10.9 Å². The van der Waals surface area contributed by atoms with E-state index >= 15 is 0 Å². The summed E-state index contributed by atoms with van der Waals surface area (Å²) in [6.45, 7) is 0.832. The lowest BCUT2D eigenvalue weighted by Crippen LogP contribution is -2.15. The minimum Gasteiger partial charge on any atom is -0.493 e. The molecule has 0 saturated carbocycles. The second-order valence-corrected chi connectivity index (χ2v) is 6.25. The summed E-state index contributed by atoms with van der Waals surface area (Å²) in [6, 6.07) is 9.33. The van der Waals surface area contributed by atoms with E-state index in [1.807, 2.05) is 30.3 Å². The van der Waals surface area contributed by atoms with Gasteiger partial charge >= 0.3 is 0 Å². The first kappa shape index (κ1) is 18.2. The van der Waals surface area contributed by atoms with Crippen LogP contribution in [0.25, 0.3) is 22.0 Å². The number of methoxy groups -OCH3 is 3. The molecule has 1 N–H and O–H groups in total. The molecule has 0 saturated heterocycles. The van der Waals surface area contributed by atoms with Gasteiger partial charge in [0.1, 0.15) is 13.2 Å². The van der Waals surface area contributed by atoms with Gasteiger partial charge < -0.3 is 28.8 Å². The Labute approximate surface area is 162 Å². The maximum atomic E-state index is 9.70. The van der Waals surface area contributed by atoms with Gasteiger partial charge in [-0.05, 0) is 35.7 Å². The number of aromatic nitrogens is 1. The Hall–Kier alpha value is -3.19. The molecule has 0 unspecified atom stereocenters. The standard InChI is InChI=1S/C21H21NO6/c1-24-18-8-13(9-19(25-2)21(18)26-3)20-15-10-17-16(27-4-5-28-17)7-12(15)6-14(11-23)22-20/h6-10,23H,4-5,11H2,1-3H3. The normalized spacial score (nSPS) is 12.7. The average molecular weight is 383 g/mol. The van der Waals surface area contributed by atoms with Gasteiger partial charge in [-0.3, -0.25) is 0 Å². The fourth-order valence-corrected chi connectivity index (χ4v) is 3.36. The number of pyridine rings is 1. The molecular weight excluding hydrogens is 362 g/mol. The first-order valence-corrected chi connectivity index (χ1v) is 8.83. The third-order valence-electron chi connectivity index (χ3n) is 4.65. The second kappa shape index (κ2) is 7.44. The van der Waals surface area contributed by atoms with Crippen molar-refractivity contribution in [1.82, 2.24) is 4.98 Å². The van der Waals surface area contributed by atoms with Crippen LogP contribution in [0.2, 0.25) is 0 Å². The largest absolute Gasteiger partial charge is 0.493 e. The summed E-state index contributed by atoms with van der Waals surface area (Å²) in [6.07, 6.45) is 0. The highest BCUT2D eigenvalue weighted by molar-refractivity contribution is 5.97. The van der Waals surface area contributed by atoms with E-state index in [-0.39, 0.29) is 6.61 Å². The highest BCUT2D eigenvalue weighted by Crippen LogP contribution is 2.43. The van der Waals surface area contributed by atoms with Crippen LogP contribution in [0.4, 0.5) is 0 Å². The van der Waals surface area contributed by atoms with E-state index in [1.54, 1.807) is 21.3 Å². The fraction of sp³-hybridized carbons (Fsp3) is 0.286. The number of hydrogen-bond acceptors (Lipinski definition) is 7. The number of nitrogens with zero attached hydrogens (tertiary/aromatic N) is 1. The first-order chi connectivity index (χ1) is 13.7. The van der Waals surface area contributed by atoms with Crippen LogP contribution >= 0.6 is 0 Å². The molecule has 7 heteroatoms. The SMILES string of the molecule is COc1cc(-c2nc(CO)cc3cc4c(cc23)OCCO4)cc(OC)c1OC. The van der Waals surface area contributed by atoms with Crippen LogP contribution in [-0.2, 0) is 6.61 Å². The Morgan fingerprint density at radius 1 is 0.893 bits per heavy atom. The minimum atomic E-state index is -0.179. The van der Waals surface area contributed by atoms with Crippen LogP contribution < -0.4 is 23.7 Å². The zero-order valence-corrected chi connectivity index (χ0v) is 15.9. The second-order valence-electron chi connectivity index (χ2n) is 6.25. The van der Waals surface area contributed by atoms with E-state index < -0.39 is 0 Å². The highest BCUT2D eigenvalue weighted by Gasteiger charge is 2.19. The molecule has 3 aromatic rings. The van der Waals surface area contributed by atoms with Gasteiger partial charge in [0.15, 0.2) is 23.0 Å². The highest BCUT2D eigenvalue weighted by atomic mass is 16.6. The van der Waals surface area contributed by atoms with Crippen LogP contribution in [0, 0.1) is 0 Å². The third kappa shape index (κ3) is 3.03. The smallest absolute Gasteiger partial charge is 0.203 e. The predicted molar refractivity (Wildman–Crippen MR) is 104 cm³/mol. The molecule has 1 aliphatic heterocycles. The molecular formula is C21H21NO6.